The normalized spacial score (nSPS) is 17.3. The van der Waals surface area contributed by atoms with Gasteiger partial charge in [-0.1, -0.05) is 64.4 Å². The average molecular weight is 846 g/mol. The lowest BCUT2D eigenvalue weighted by atomic mass is 10.0. The summed E-state index contributed by atoms with van der Waals surface area (Å²) in [6.45, 7) is 10.1. The van der Waals surface area contributed by atoms with Crippen molar-refractivity contribution < 1.29 is 48.6 Å². The van der Waals surface area contributed by atoms with Crippen molar-refractivity contribution in [3.05, 3.63) is 35.9 Å². The molecule has 336 valence electrons. The first kappa shape index (κ1) is 51.0. The number of carboxylic acids is 1. The van der Waals surface area contributed by atoms with Gasteiger partial charge in [0.05, 0.1) is 18.7 Å². The number of benzene rings is 1. The van der Waals surface area contributed by atoms with Crippen molar-refractivity contribution in [3.8, 4) is 0 Å². The van der Waals surface area contributed by atoms with E-state index in [0.29, 0.717) is 50.6 Å². The maximum Gasteiger partial charge on any atom is 0.326 e. The molecule has 8 atom stereocenters. The molecule has 1 saturated heterocycles. The SMILES string of the molecule is CC(C)C[C@H](NC(=O)[C@@H](NC(=O)CNC(=O)[C@H](C)NC(=O)[C@@H]1CCCN1C(=O)[C@H](CC(C)C)NC(=O)[C@@H](N)CCCCN)[C@@H](C)O)C(=O)N[C@@H](Cc1ccccc1)C(=O)O. The van der Waals surface area contributed by atoms with Gasteiger partial charge in [-0.3, -0.25) is 33.6 Å². The Kier molecular flexibility index (Phi) is 21.7. The molecule has 1 heterocycles. The zero-order valence-corrected chi connectivity index (χ0v) is 35.7. The van der Waals surface area contributed by atoms with Gasteiger partial charge in [0, 0.05) is 13.0 Å². The van der Waals surface area contributed by atoms with Crippen LogP contribution in [0, 0.1) is 11.8 Å². The first-order valence-electron chi connectivity index (χ1n) is 20.7. The molecule has 19 heteroatoms. The van der Waals surface area contributed by atoms with Crippen molar-refractivity contribution in [2.24, 2.45) is 23.3 Å². The van der Waals surface area contributed by atoms with Gasteiger partial charge in [-0.2, -0.15) is 0 Å². The summed E-state index contributed by atoms with van der Waals surface area (Å²) in [6, 6.07) is 0.832. The van der Waals surface area contributed by atoms with Crippen molar-refractivity contribution >= 4 is 47.3 Å². The van der Waals surface area contributed by atoms with Crippen LogP contribution in [0.3, 0.4) is 0 Å². The van der Waals surface area contributed by atoms with E-state index in [1.54, 1.807) is 44.2 Å². The Balaban J connectivity index is 2.00. The first-order valence-corrected chi connectivity index (χ1v) is 20.7. The van der Waals surface area contributed by atoms with Crippen LogP contribution < -0.4 is 43.4 Å². The summed E-state index contributed by atoms with van der Waals surface area (Å²) in [5, 5.41) is 35.2. The fraction of sp³-hybridized carbons (Fsp3) is 0.659. The molecular formula is C41H67N9O10. The number of unbranched alkanes of at least 4 members (excludes halogenated alkanes) is 1. The number of carbonyl (C=O) groups is 8. The number of nitrogens with two attached hydrogens (primary N) is 2. The van der Waals surface area contributed by atoms with Gasteiger partial charge in [-0.15, -0.1) is 0 Å². The van der Waals surface area contributed by atoms with Gasteiger partial charge >= 0.3 is 5.97 Å². The number of likely N-dealkylation sites (tertiary alicyclic amines) is 1. The second-order valence-electron chi connectivity index (χ2n) is 16.3. The Hall–Kier alpha value is -5.14. The predicted molar refractivity (Wildman–Crippen MR) is 222 cm³/mol. The molecule has 0 saturated carbocycles. The number of nitrogens with one attached hydrogen (secondary N) is 6. The van der Waals surface area contributed by atoms with Crippen molar-refractivity contribution in [2.45, 2.75) is 141 Å². The number of carbonyl (C=O) groups excluding carboxylic acids is 7. The number of hydrogen-bond donors (Lipinski definition) is 10. The molecule has 1 fully saturated rings. The summed E-state index contributed by atoms with van der Waals surface area (Å²) in [5.41, 5.74) is 12.3. The highest BCUT2D eigenvalue weighted by Crippen LogP contribution is 2.21. The molecule has 1 aromatic carbocycles. The molecule has 12 N–H and O–H groups in total. The smallest absolute Gasteiger partial charge is 0.326 e. The second kappa shape index (κ2) is 25.5. The standard InChI is InChI=1S/C41H67N9O10/c1-23(2)19-29(37(55)48-31(41(59)60)21-27-13-8-7-9-14-27)46-39(57)34(26(6)51)49-33(52)22-44-35(53)25(5)45-38(56)32-16-12-18-50(32)40(58)30(20-24(3)4)47-36(54)28(43)15-10-11-17-42/h7-9,13-14,23-26,28-32,34,51H,10-12,15-22,42-43H2,1-6H3,(H,44,53)(H,45,56)(H,46,57)(H,47,54)(H,48,55)(H,49,52)(H,59,60)/t25-,26+,28-,29-,30-,31-,32-,34-/m0/s1. The van der Waals surface area contributed by atoms with Gasteiger partial charge in [0.25, 0.3) is 0 Å². The fourth-order valence-corrected chi connectivity index (χ4v) is 6.73. The molecular weight excluding hydrogens is 779 g/mol. The van der Waals surface area contributed by atoms with Crippen LogP contribution in [0.2, 0.25) is 0 Å². The van der Waals surface area contributed by atoms with Crippen LogP contribution in [0.25, 0.3) is 0 Å². The third kappa shape index (κ3) is 17.2. The maximum absolute atomic E-state index is 13.7. The number of nitrogens with zero attached hydrogens (tertiary/aromatic N) is 1. The minimum Gasteiger partial charge on any atom is -0.480 e. The molecule has 7 amide bonds. The van der Waals surface area contributed by atoms with Crippen molar-refractivity contribution in [1.29, 1.82) is 0 Å². The molecule has 0 unspecified atom stereocenters. The van der Waals surface area contributed by atoms with Crippen molar-refractivity contribution in [2.75, 3.05) is 19.6 Å². The van der Waals surface area contributed by atoms with Gasteiger partial charge in [0.2, 0.25) is 41.4 Å². The lowest BCUT2D eigenvalue weighted by Gasteiger charge is -2.30. The zero-order valence-electron chi connectivity index (χ0n) is 35.7. The van der Waals surface area contributed by atoms with Crippen LogP contribution in [0.4, 0.5) is 0 Å². The number of amides is 7. The number of aliphatic carboxylic acids is 1. The van der Waals surface area contributed by atoms with Gasteiger partial charge < -0.3 is 58.5 Å². The van der Waals surface area contributed by atoms with E-state index in [4.69, 9.17) is 11.5 Å². The molecule has 0 spiro atoms. The zero-order chi connectivity index (χ0) is 45.1. The van der Waals surface area contributed by atoms with E-state index >= 15 is 0 Å². The Bertz CT molecular complexity index is 1610. The molecule has 1 aliphatic heterocycles. The van der Waals surface area contributed by atoms with Gasteiger partial charge in [-0.25, -0.2) is 4.79 Å². The van der Waals surface area contributed by atoms with Crippen LogP contribution >= 0.6 is 0 Å². The summed E-state index contributed by atoms with van der Waals surface area (Å²) < 4.78 is 0. The highest BCUT2D eigenvalue weighted by Gasteiger charge is 2.39. The highest BCUT2D eigenvalue weighted by molar-refractivity contribution is 5.97. The average Bonchev–Trinajstić information content (AvgIpc) is 3.68. The third-order valence-corrected chi connectivity index (χ3v) is 9.96. The summed E-state index contributed by atoms with van der Waals surface area (Å²) >= 11 is 0. The van der Waals surface area contributed by atoms with Crippen LogP contribution in [0.15, 0.2) is 30.3 Å². The van der Waals surface area contributed by atoms with E-state index in [1.165, 1.54) is 18.7 Å². The minimum atomic E-state index is -1.56. The van der Waals surface area contributed by atoms with Gasteiger partial charge in [0.15, 0.2) is 0 Å². The molecule has 0 aromatic heterocycles. The summed E-state index contributed by atoms with van der Waals surface area (Å²) in [6.07, 6.45) is 1.61. The number of carboxylic acid groups (broad SMARTS) is 1. The maximum atomic E-state index is 13.7. The minimum absolute atomic E-state index is 0.00416. The first-order chi connectivity index (χ1) is 28.2. The number of aliphatic hydroxyl groups is 1. The molecule has 0 aliphatic carbocycles. The van der Waals surface area contributed by atoms with E-state index in [-0.39, 0.29) is 31.2 Å². The number of aliphatic hydroxyl groups excluding tert-OH is 1. The Morgan fingerprint density at radius 3 is 1.95 bits per heavy atom. The lowest BCUT2D eigenvalue weighted by Crippen LogP contribution is -2.59. The summed E-state index contributed by atoms with van der Waals surface area (Å²) in [5.74, 6) is -6.16. The molecule has 0 radical (unpaired) electrons. The van der Waals surface area contributed by atoms with Crippen molar-refractivity contribution in [1.82, 2.24) is 36.8 Å². The molecule has 60 heavy (non-hydrogen) atoms. The Labute approximate surface area is 352 Å². The lowest BCUT2D eigenvalue weighted by molar-refractivity contribution is -0.142. The van der Waals surface area contributed by atoms with Gasteiger partial charge in [0.1, 0.15) is 36.3 Å². The Morgan fingerprint density at radius 1 is 0.767 bits per heavy atom. The quantitative estimate of drug-likeness (QED) is 0.0519. The van der Waals surface area contributed by atoms with E-state index in [1.807, 2.05) is 13.8 Å². The molecule has 0 bridgehead atoms. The van der Waals surface area contributed by atoms with E-state index < -0.39 is 102 Å². The van der Waals surface area contributed by atoms with E-state index in [2.05, 4.69) is 31.9 Å². The summed E-state index contributed by atoms with van der Waals surface area (Å²) in [4.78, 5) is 106. The van der Waals surface area contributed by atoms with Gasteiger partial charge in [-0.05, 0) is 76.3 Å². The van der Waals surface area contributed by atoms with E-state index in [9.17, 15) is 48.6 Å². The molecule has 19 nitrogen and oxygen atoms in total. The third-order valence-electron chi connectivity index (χ3n) is 9.96. The topological polar surface area (TPSA) is 304 Å². The molecule has 2 rings (SSSR count). The number of hydrogen-bond acceptors (Lipinski definition) is 11. The Morgan fingerprint density at radius 2 is 1.37 bits per heavy atom. The summed E-state index contributed by atoms with van der Waals surface area (Å²) in [7, 11) is 0. The van der Waals surface area contributed by atoms with Crippen LogP contribution in [-0.4, -0.2) is 130 Å². The highest BCUT2D eigenvalue weighted by atomic mass is 16.4. The second-order valence-corrected chi connectivity index (χ2v) is 16.3. The number of rotatable bonds is 25. The predicted octanol–water partition coefficient (Wildman–Crippen LogP) is -1.21. The monoisotopic (exact) mass is 846 g/mol. The molecule has 1 aliphatic rings. The van der Waals surface area contributed by atoms with E-state index in [0.717, 1.165) is 0 Å². The largest absolute Gasteiger partial charge is 0.480 e. The fourth-order valence-electron chi connectivity index (χ4n) is 6.73. The van der Waals surface area contributed by atoms with Crippen LogP contribution in [-0.2, 0) is 44.8 Å². The van der Waals surface area contributed by atoms with Crippen molar-refractivity contribution in [3.63, 3.8) is 0 Å². The van der Waals surface area contributed by atoms with Crippen LogP contribution in [0.5, 0.6) is 0 Å². The van der Waals surface area contributed by atoms with Crippen LogP contribution in [0.1, 0.15) is 92.1 Å². The molecule has 1 aromatic rings.